The fraction of sp³-hybridized carbons (Fsp3) is 0.364. The van der Waals surface area contributed by atoms with E-state index in [-0.39, 0.29) is 19.1 Å². The maximum absolute atomic E-state index is 12.5. The van der Waals surface area contributed by atoms with Crippen molar-refractivity contribution in [2.24, 2.45) is 0 Å². The summed E-state index contributed by atoms with van der Waals surface area (Å²) in [7, 11) is 0. The van der Waals surface area contributed by atoms with E-state index >= 15 is 0 Å². The van der Waals surface area contributed by atoms with Gasteiger partial charge in [0.2, 0.25) is 0 Å². The summed E-state index contributed by atoms with van der Waals surface area (Å²) in [5.41, 5.74) is 3.25. The Morgan fingerprint density at radius 2 is 1.79 bits per heavy atom. The SMILES string of the molecule is Cc1cc(C)cc(OC[C@H](O)CN2C(=O)N[C@@H](CCc3ccccc3)C2=O)c1. The van der Waals surface area contributed by atoms with E-state index in [0.717, 1.165) is 21.6 Å². The molecule has 3 amide bonds. The summed E-state index contributed by atoms with van der Waals surface area (Å²) in [6.45, 7) is 3.87. The molecule has 0 radical (unpaired) electrons. The molecular weight excluding hydrogens is 356 g/mol. The lowest BCUT2D eigenvalue weighted by molar-refractivity contribution is -0.128. The summed E-state index contributed by atoms with van der Waals surface area (Å²) in [5.74, 6) is 0.362. The summed E-state index contributed by atoms with van der Waals surface area (Å²) >= 11 is 0. The number of urea groups is 1. The highest BCUT2D eigenvalue weighted by Gasteiger charge is 2.38. The number of carbonyl (C=O) groups is 2. The molecule has 2 aromatic rings. The molecule has 1 saturated heterocycles. The maximum Gasteiger partial charge on any atom is 0.324 e. The lowest BCUT2D eigenvalue weighted by Gasteiger charge is -2.18. The molecular formula is C22H26N2O4. The molecule has 1 heterocycles. The number of aliphatic hydroxyl groups is 1. The summed E-state index contributed by atoms with van der Waals surface area (Å²) in [6.07, 6.45) is 0.271. The van der Waals surface area contributed by atoms with Gasteiger partial charge in [-0.2, -0.15) is 0 Å². The van der Waals surface area contributed by atoms with Gasteiger partial charge in [0, 0.05) is 0 Å². The van der Waals surface area contributed by atoms with Gasteiger partial charge in [0.1, 0.15) is 24.5 Å². The highest BCUT2D eigenvalue weighted by atomic mass is 16.5. The van der Waals surface area contributed by atoms with Gasteiger partial charge in [0.25, 0.3) is 5.91 Å². The average Bonchev–Trinajstić information content (AvgIpc) is 2.92. The van der Waals surface area contributed by atoms with Crippen molar-refractivity contribution >= 4 is 11.9 Å². The van der Waals surface area contributed by atoms with Crippen LogP contribution in [0.25, 0.3) is 0 Å². The number of nitrogens with zero attached hydrogens (tertiary/aromatic N) is 1. The van der Waals surface area contributed by atoms with Crippen LogP contribution in [0.1, 0.15) is 23.1 Å². The molecule has 148 valence electrons. The lowest BCUT2D eigenvalue weighted by Crippen LogP contribution is -2.40. The van der Waals surface area contributed by atoms with Gasteiger partial charge in [-0.05, 0) is 55.5 Å². The van der Waals surface area contributed by atoms with Crippen molar-refractivity contribution in [3.63, 3.8) is 0 Å². The standard InChI is InChI=1S/C22H26N2O4/c1-15-10-16(2)12-19(11-15)28-14-18(25)13-24-21(26)20(23-22(24)27)9-8-17-6-4-3-5-7-17/h3-7,10-12,18,20,25H,8-9,13-14H2,1-2H3,(H,23,27)/t18-,20+/m1/s1. The Hall–Kier alpha value is -2.86. The van der Waals surface area contributed by atoms with Gasteiger partial charge in [-0.3, -0.25) is 9.69 Å². The van der Waals surface area contributed by atoms with Crippen molar-refractivity contribution in [2.75, 3.05) is 13.2 Å². The number of aryl methyl sites for hydroxylation is 3. The normalized spacial score (nSPS) is 17.5. The second-order valence-electron chi connectivity index (χ2n) is 7.26. The summed E-state index contributed by atoms with van der Waals surface area (Å²) in [4.78, 5) is 25.7. The number of imide groups is 1. The molecule has 1 aliphatic rings. The number of hydrogen-bond acceptors (Lipinski definition) is 4. The Morgan fingerprint density at radius 3 is 2.46 bits per heavy atom. The zero-order valence-corrected chi connectivity index (χ0v) is 16.2. The molecule has 0 aromatic heterocycles. The van der Waals surface area contributed by atoms with Crippen LogP contribution in [0.5, 0.6) is 5.75 Å². The zero-order chi connectivity index (χ0) is 20.1. The van der Waals surface area contributed by atoms with Gasteiger partial charge in [0.15, 0.2) is 0 Å². The van der Waals surface area contributed by atoms with E-state index in [1.165, 1.54) is 0 Å². The highest BCUT2D eigenvalue weighted by Crippen LogP contribution is 2.17. The molecule has 0 saturated carbocycles. The number of carbonyl (C=O) groups excluding carboxylic acids is 2. The number of benzene rings is 2. The Morgan fingerprint density at radius 1 is 1.11 bits per heavy atom. The largest absolute Gasteiger partial charge is 0.491 e. The first-order chi connectivity index (χ1) is 13.4. The van der Waals surface area contributed by atoms with E-state index in [9.17, 15) is 14.7 Å². The summed E-state index contributed by atoms with van der Waals surface area (Å²) in [6, 6.07) is 14.6. The molecule has 0 aliphatic carbocycles. The van der Waals surface area contributed by atoms with Crippen molar-refractivity contribution in [1.29, 1.82) is 0 Å². The third-order valence-corrected chi connectivity index (χ3v) is 4.70. The van der Waals surface area contributed by atoms with Crippen LogP contribution in [0.4, 0.5) is 4.79 Å². The molecule has 3 rings (SSSR count). The summed E-state index contributed by atoms with van der Waals surface area (Å²) < 4.78 is 5.62. The number of aliphatic hydroxyl groups excluding tert-OH is 1. The molecule has 2 atom stereocenters. The second kappa shape index (κ2) is 8.89. The highest BCUT2D eigenvalue weighted by molar-refractivity contribution is 6.04. The molecule has 6 heteroatoms. The molecule has 2 N–H and O–H groups in total. The minimum Gasteiger partial charge on any atom is -0.491 e. The molecule has 1 fully saturated rings. The van der Waals surface area contributed by atoms with E-state index in [1.54, 1.807) is 0 Å². The molecule has 6 nitrogen and oxygen atoms in total. The summed E-state index contributed by atoms with van der Waals surface area (Å²) in [5, 5.41) is 12.9. The lowest BCUT2D eigenvalue weighted by atomic mass is 10.1. The number of hydrogen-bond donors (Lipinski definition) is 2. The molecule has 28 heavy (non-hydrogen) atoms. The topological polar surface area (TPSA) is 78.9 Å². The van der Waals surface area contributed by atoms with Crippen LogP contribution in [0, 0.1) is 13.8 Å². The number of nitrogens with one attached hydrogen (secondary N) is 1. The smallest absolute Gasteiger partial charge is 0.324 e. The minimum absolute atomic E-state index is 0.00857. The van der Waals surface area contributed by atoms with Crippen LogP contribution in [-0.4, -0.2) is 47.2 Å². The van der Waals surface area contributed by atoms with E-state index in [1.807, 2.05) is 62.4 Å². The van der Waals surface area contributed by atoms with Crippen molar-refractivity contribution in [3.8, 4) is 5.75 Å². The predicted octanol–water partition coefficient (Wildman–Crippen LogP) is 2.60. The van der Waals surface area contributed by atoms with Crippen LogP contribution >= 0.6 is 0 Å². The first-order valence-corrected chi connectivity index (χ1v) is 9.47. The Balaban J connectivity index is 1.50. The number of β-amino-alcohol motifs (C(OH)–C–C–N with tert-alkyl or cyclic N) is 1. The van der Waals surface area contributed by atoms with Crippen LogP contribution < -0.4 is 10.1 Å². The second-order valence-corrected chi connectivity index (χ2v) is 7.26. The third kappa shape index (κ3) is 5.10. The molecule has 1 aliphatic heterocycles. The zero-order valence-electron chi connectivity index (χ0n) is 16.2. The molecule has 0 spiro atoms. The fourth-order valence-corrected chi connectivity index (χ4v) is 3.37. The average molecular weight is 382 g/mol. The molecule has 0 bridgehead atoms. The van der Waals surface area contributed by atoms with Gasteiger partial charge >= 0.3 is 6.03 Å². The Labute approximate surface area is 165 Å². The number of amides is 3. The third-order valence-electron chi connectivity index (χ3n) is 4.70. The first-order valence-electron chi connectivity index (χ1n) is 9.47. The minimum atomic E-state index is -0.955. The van der Waals surface area contributed by atoms with Gasteiger partial charge in [-0.25, -0.2) is 4.79 Å². The van der Waals surface area contributed by atoms with Crippen LogP contribution in [0.3, 0.4) is 0 Å². The first kappa shape index (κ1) is 19.9. The van der Waals surface area contributed by atoms with E-state index in [2.05, 4.69) is 5.32 Å². The molecule has 0 unspecified atom stereocenters. The van der Waals surface area contributed by atoms with Gasteiger partial charge in [-0.1, -0.05) is 36.4 Å². The monoisotopic (exact) mass is 382 g/mol. The quantitative estimate of drug-likeness (QED) is 0.688. The van der Waals surface area contributed by atoms with Crippen LogP contribution in [0.2, 0.25) is 0 Å². The predicted molar refractivity (Wildman–Crippen MR) is 106 cm³/mol. The van der Waals surface area contributed by atoms with Crippen molar-refractivity contribution in [3.05, 3.63) is 65.2 Å². The van der Waals surface area contributed by atoms with Crippen LogP contribution in [0.15, 0.2) is 48.5 Å². The van der Waals surface area contributed by atoms with Gasteiger partial charge in [0.05, 0.1) is 6.54 Å². The number of rotatable bonds is 8. The van der Waals surface area contributed by atoms with E-state index in [4.69, 9.17) is 4.74 Å². The van der Waals surface area contributed by atoms with Crippen molar-refractivity contribution in [2.45, 2.75) is 38.8 Å². The van der Waals surface area contributed by atoms with E-state index in [0.29, 0.717) is 18.6 Å². The van der Waals surface area contributed by atoms with E-state index < -0.39 is 18.2 Å². The van der Waals surface area contributed by atoms with Crippen molar-refractivity contribution < 1.29 is 19.4 Å². The Kier molecular flexibility index (Phi) is 6.31. The maximum atomic E-state index is 12.5. The van der Waals surface area contributed by atoms with Crippen molar-refractivity contribution in [1.82, 2.24) is 10.2 Å². The Bertz CT molecular complexity index is 817. The molecule has 2 aromatic carbocycles. The van der Waals surface area contributed by atoms with Gasteiger partial charge in [-0.15, -0.1) is 0 Å². The van der Waals surface area contributed by atoms with Gasteiger partial charge < -0.3 is 15.2 Å². The van der Waals surface area contributed by atoms with Crippen LogP contribution in [-0.2, 0) is 11.2 Å². The fourth-order valence-electron chi connectivity index (χ4n) is 3.37. The number of ether oxygens (including phenoxy) is 1.